The molecule has 0 unspecified atom stereocenters. The monoisotopic (exact) mass is 521 g/mol. The van der Waals surface area contributed by atoms with Crippen LogP contribution >= 0.6 is 23.2 Å². The van der Waals surface area contributed by atoms with Crippen LogP contribution in [0, 0.1) is 5.82 Å². The number of carbonyl (C=O) groups is 1. The number of halogens is 6. The van der Waals surface area contributed by atoms with Crippen LogP contribution in [0.1, 0.15) is 27.0 Å². The van der Waals surface area contributed by atoms with Gasteiger partial charge in [0.15, 0.2) is 0 Å². The van der Waals surface area contributed by atoms with Crippen molar-refractivity contribution in [3.63, 3.8) is 0 Å². The smallest absolute Gasteiger partial charge is 0.348 e. The van der Waals surface area contributed by atoms with Crippen LogP contribution in [0.4, 0.5) is 17.6 Å². The molecule has 3 aromatic carbocycles. The summed E-state index contributed by atoms with van der Waals surface area (Å²) in [6, 6.07) is 11.8. The van der Waals surface area contributed by atoms with E-state index in [0.29, 0.717) is 27.2 Å². The van der Waals surface area contributed by atoms with E-state index in [1.165, 1.54) is 12.1 Å². The van der Waals surface area contributed by atoms with Crippen molar-refractivity contribution in [2.75, 3.05) is 0 Å². The summed E-state index contributed by atoms with van der Waals surface area (Å²) in [7, 11) is 0. The Labute approximate surface area is 208 Å². The van der Waals surface area contributed by atoms with E-state index in [4.69, 9.17) is 23.2 Å². The number of hydrogen-bond donors (Lipinski definition) is 1. The molecule has 180 valence electrons. The summed E-state index contributed by atoms with van der Waals surface area (Å²) >= 11 is 11.9. The van der Waals surface area contributed by atoms with Gasteiger partial charge in [0.05, 0.1) is 21.9 Å². The zero-order valence-electron chi connectivity index (χ0n) is 17.9. The third kappa shape index (κ3) is 6.01. The maximum atomic E-state index is 13.7. The van der Waals surface area contributed by atoms with Crippen molar-refractivity contribution in [2.45, 2.75) is 19.3 Å². The summed E-state index contributed by atoms with van der Waals surface area (Å²) in [5, 5.41) is 3.44. The number of carbonyl (C=O) groups excluding carboxylic acids is 1. The summed E-state index contributed by atoms with van der Waals surface area (Å²) in [5.74, 6) is -1.50. The number of nitrogens with one attached hydrogen (secondary N) is 1. The predicted octanol–water partition coefficient (Wildman–Crippen LogP) is 6.99. The number of nitrogens with zero attached hydrogens (tertiary/aromatic N) is 2. The quantitative estimate of drug-likeness (QED) is 0.278. The van der Waals surface area contributed by atoms with Gasteiger partial charge in [-0.1, -0.05) is 35.3 Å². The van der Waals surface area contributed by atoms with Crippen molar-refractivity contribution in [1.82, 2.24) is 14.9 Å². The Morgan fingerprint density at radius 1 is 0.971 bits per heavy atom. The van der Waals surface area contributed by atoms with E-state index in [1.54, 1.807) is 47.6 Å². The summed E-state index contributed by atoms with van der Waals surface area (Å²) in [5.41, 5.74) is 0.187. The highest BCUT2D eigenvalue weighted by molar-refractivity contribution is 6.42. The van der Waals surface area contributed by atoms with Crippen LogP contribution in [0.15, 0.2) is 73.3 Å². The third-order valence-corrected chi connectivity index (χ3v) is 5.95. The van der Waals surface area contributed by atoms with E-state index < -0.39 is 23.5 Å². The number of benzene rings is 3. The number of rotatable bonds is 6. The number of imidazole rings is 1. The fourth-order valence-corrected chi connectivity index (χ4v) is 3.92. The van der Waals surface area contributed by atoms with Gasteiger partial charge in [0.1, 0.15) is 5.82 Å². The molecule has 10 heteroatoms. The molecule has 0 bridgehead atoms. The molecule has 4 nitrogen and oxygen atoms in total. The fraction of sp³-hybridized carbons (Fsp3) is 0.120. The standard InChI is InChI=1S/C25H17Cl2F4N3O/c26-22-4-1-15(9-23(22)27)12-33-24(35)18-8-16(13-34-6-5-32-14-34)7-17(10-18)20-3-2-19(28)11-21(20)25(29,30)31/h1-11,14H,12-13H2,(H,33,35). The highest BCUT2D eigenvalue weighted by atomic mass is 35.5. The zero-order chi connectivity index (χ0) is 25.2. The molecule has 4 aromatic rings. The SMILES string of the molecule is O=C(NCc1ccc(Cl)c(Cl)c1)c1cc(Cn2ccnc2)cc(-c2ccc(F)cc2C(F)(F)F)c1. The van der Waals surface area contributed by atoms with Crippen molar-refractivity contribution < 1.29 is 22.4 Å². The number of aromatic nitrogens is 2. The molecule has 0 aliphatic carbocycles. The number of alkyl halides is 3. The van der Waals surface area contributed by atoms with Crippen molar-refractivity contribution in [3.8, 4) is 11.1 Å². The van der Waals surface area contributed by atoms with Gasteiger partial charge in [-0.15, -0.1) is 0 Å². The highest BCUT2D eigenvalue weighted by Crippen LogP contribution is 2.38. The predicted molar refractivity (Wildman–Crippen MR) is 126 cm³/mol. The van der Waals surface area contributed by atoms with Gasteiger partial charge in [-0.2, -0.15) is 13.2 Å². The highest BCUT2D eigenvalue weighted by Gasteiger charge is 2.34. The minimum absolute atomic E-state index is 0.126. The summed E-state index contributed by atoms with van der Waals surface area (Å²) in [4.78, 5) is 16.9. The van der Waals surface area contributed by atoms with Gasteiger partial charge < -0.3 is 9.88 Å². The van der Waals surface area contributed by atoms with E-state index in [1.807, 2.05) is 0 Å². The molecule has 0 fully saturated rings. The van der Waals surface area contributed by atoms with Gasteiger partial charge in [-0.05, 0) is 64.7 Å². The molecular formula is C25H17Cl2F4N3O. The average molecular weight is 522 g/mol. The molecule has 0 atom stereocenters. The Balaban J connectivity index is 1.71. The van der Waals surface area contributed by atoms with Crippen molar-refractivity contribution >= 4 is 29.1 Å². The van der Waals surface area contributed by atoms with E-state index in [0.717, 1.165) is 12.1 Å². The van der Waals surface area contributed by atoms with Crippen molar-refractivity contribution in [1.29, 1.82) is 0 Å². The Kier molecular flexibility index (Phi) is 7.14. The van der Waals surface area contributed by atoms with Gasteiger partial charge in [-0.3, -0.25) is 4.79 Å². The molecule has 4 rings (SSSR count). The lowest BCUT2D eigenvalue weighted by Crippen LogP contribution is -2.23. The first-order chi connectivity index (χ1) is 16.6. The summed E-state index contributed by atoms with van der Waals surface area (Å²) < 4.78 is 56.4. The fourth-order valence-electron chi connectivity index (χ4n) is 3.60. The van der Waals surface area contributed by atoms with E-state index >= 15 is 0 Å². The molecular weight excluding hydrogens is 505 g/mol. The van der Waals surface area contributed by atoms with Gasteiger partial charge >= 0.3 is 6.18 Å². The molecule has 0 saturated carbocycles. The van der Waals surface area contributed by atoms with E-state index in [-0.39, 0.29) is 29.8 Å². The molecule has 1 heterocycles. The second kappa shape index (κ2) is 10.1. The second-order valence-corrected chi connectivity index (χ2v) is 8.59. The lowest BCUT2D eigenvalue weighted by Gasteiger charge is -2.16. The Morgan fingerprint density at radius 3 is 2.46 bits per heavy atom. The second-order valence-electron chi connectivity index (χ2n) is 7.77. The van der Waals surface area contributed by atoms with Crippen LogP contribution in [-0.2, 0) is 19.3 Å². The van der Waals surface area contributed by atoms with Crippen LogP contribution in [0.5, 0.6) is 0 Å². The molecule has 1 N–H and O–H groups in total. The van der Waals surface area contributed by atoms with Gasteiger partial charge in [0.25, 0.3) is 5.91 Å². The lowest BCUT2D eigenvalue weighted by molar-refractivity contribution is -0.137. The van der Waals surface area contributed by atoms with Crippen molar-refractivity contribution in [2.24, 2.45) is 0 Å². The van der Waals surface area contributed by atoms with Crippen LogP contribution in [-0.4, -0.2) is 15.5 Å². The minimum atomic E-state index is -4.78. The molecule has 35 heavy (non-hydrogen) atoms. The molecule has 1 amide bonds. The molecule has 0 radical (unpaired) electrons. The van der Waals surface area contributed by atoms with Gasteiger partial charge in [0.2, 0.25) is 0 Å². The first-order valence-corrected chi connectivity index (χ1v) is 11.0. The Hall–Kier alpha value is -3.36. The van der Waals surface area contributed by atoms with Gasteiger partial charge in [0, 0.05) is 31.0 Å². The minimum Gasteiger partial charge on any atom is -0.348 e. The topological polar surface area (TPSA) is 46.9 Å². The van der Waals surface area contributed by atoms with Crippen LogP contribution in [0.3, 0.4) is 0 Å². The van der Waals surface area contributed by atoms with Crippen LogP contribution in [0.2, 0.25) is 10.0 Å². The normalized spacial score (nSPS) is 11.5. The molecule has 1 aromatic heterocycles. The first kappa shape index (κ1) is 24.8. The van der Waals surface area contributed by atoms with Crippen LogP contribution < -0.4 is 5.32 Å². The van der Waals surface area contributed by atoms with Crippen molar-refractivity contribution in [3.05, 3.63) is 111 Å². The maximum Gasteiger partial charge on any atom is 0.417 e. The molecule has 0 spiro atoms. The number of hydrogen-bond acceptors (Lipinski definition) is 2. The molecule has 0 aliphatic rings. The van der Waals surface area contributed by atoms with E-state index in [9.17, 15) is 22.4 Å². The summed E-state index contributed by atoms with van der Waals surface area (Å²) in [6.45, 7) is 0.393. The third-order valence-electron chi connectivity index (χ3n) is 5.21. The average Bonchev–Trinajstić information content (AvgIpc) is 3.32. The van der Waals surface area contributed by atoms with Crippen LogP contribution in [0.25, 0.3) is 11.1 Å². The largest absolute Gasteiger partial charge is 0.417 e. The van der Waals surface area contributed by atoms with E-state index in [2.05, 4.69) is 10.3 Å². The lowest BCUT2D eigenvalue weighted by atomic mass is 9.95. The zero-order valence-corrected chi connectivity index (χ0v) is 19.4. The first-order valence-electron chi connectivity index (χ1n) is 10.3. The number of amides is 1. The molecule has 0 saturated heterocycles. The summed E-state index contributed by atoms with van der Waals surface area (Å²) in [6.07, 6.45) is 0.0238. The molecule has 0 aliphatic heterocycles. The maximum absolute atomic E-state index is 13.7. The Bertz CT molecular complexity index is 1370. The van der Waals surface area contributed by atoms with Gasteiger partial charge in [-0.25, -0.2) is 9.37 Å². The Morgan fingerprint density at radius 2 is 1.77 bits per heavy atom.